The van der Waals surface area contributed by atoms with Crippen molar-refractivity contribution in [2.75, 3.05) is 27.3 Å². The summed E-state index contributed by atoms with van der Waals surface area (Å²) < 4.78 is 5.17. The van der Waals surface area contributed by atoms with Gasteiger partial charge in [-0.3, -0.25) is 9.69 Å². The van der Waals surface area contributed by atoms with Crippen LogP contribution in [0.3, 0.4) is 0 Å². The first-order chi connectivity index (χ1) is 5.99. The number of carbonyl (C=O) groups is 1. The number of carbonyl (C=O) groups excluding carboxylic acids is 1. The monoisotopic (exact) mass is 185 g/mol. The van der Waals surface area contributed by atoms with E-state index in [0.29, 0.717) is 12.4 Å². The van der Waals surface area contributed by atoms with E-state index >= 15 is 0 Å². The quantitative estimate of drug-likeness (QED) is 0.655. The lowest BCUT2D eigenvalue weighted by Gasteiger charge is -2.31. The van der Waals surface area contributed by atoms with Crippen molar-refractivity contribution >= 4 is 5.78 Å². The van der Waals surface area contributed by atoms with Gasteiger partial charge in [0.25, 0.3) is 0 Å². The Labute approximate surface area is 80.1 Å². The summed E-state index contributed by atoms with van der Waals surface area (Å²) in [6.07, 6.45) is 0.923. The largest absolute Gasteiger partial charge is 0.383 e. The summed E-state index contributed by atoms with van der Waals surface area (Å²) in [5.74, 6) is 0.497. The molecule has 13 heavy (non-hydrogen) atoms. The Kier molecular flexibility index (Phi) is 3.09. The molecule has 0 spiro atoms. The van der Waals surface area contributed by atoms with Crippen molar-refractivity contribution in [1.29, 1.82) is 0 Å². The molecule has 1 aliphatic heterocycles. The van der Waals surface area contributed by atoms with Crippen molar-refractivity contribution in [3.05, 3.63) is 0 Å². The summed E-state index contributed by atoms with van der Waals surface area (Å²) in [6, 6.07) is 0. The number of likely N-dealkylation sites (tertiary alicyclic amines) is 1. The van der Waals surface area contributed by atoms with Gasteiger partial charge in [0.2, 0.25) is 0 Å². The molecule has 1 heterocycles. The van der Waals surface area contributed by atoms with Crippen LogP contribution in [-0.4, -0.2) is 43.5 Å². The van der Waals surface area contributed by atoms with E-state index < -0.39 is 0 Å². The average Bonchev–Trinajstić information content (AvgIpc) is 2.29. The molecule has 0 aromatic heterocycles. The van der Waals surface area contributed by atoms with Gasteiger partial charge in [-0.25, -0.2) is 0 Å². The number of hydrogen-bond donors (Lipinski definition) is 0. The highest BCUT2D eigenvalue weighted by Crippen LogP contribution is 2.32. The predicted molar refractivity (Wildman–Crippen MR) is 51.7 cm³/mol. The standard InChI is InChI=1S/C10H19NO2/c1-8(12)9-5-10(2,7-13-4)11(3)6-9/h9H,5-7H2,1-4H3/t9-,10-/m0/s1. The number of methoxy groups -OCH3 is 1. The second-order valence-corrected chi connectivity index (χ2v) is 4.32. The van der Waals surface area contributed by atoms with Crippen LogP contribution in [0.4, 0.5) is 0 Å². The summed E-state index contributed by atoms with van der Waals surface area (Å²) in [5.41, 5.74) is 0.0467. The zero-order valence-electron chi connectivity index (χ0n) is 8.96. The van der Waals surface area contributed by atoms with Crippen LogP contribution in [0, 0.1) is 5.92 Å². The summed E-state index contributed by atoms with van der Waals surface area (Å²) in [6.45, 7) is 5.40. The number of likely N-dealkylation sites (N-methyl/N-ethyl adjacent to an activating group) is 1. The van der Waals surface area contributed by atoms with Crippen LogP contribution in [0.5, 0.6) is 0 Å². The SMILES string of the molecule is COC[C@]1(C)C[C@H](C(C)=O)CN1C. The maximum Gasteiger partial charge on any atom is 0.134 e. The molecule has 0 saturated carbocycles. The first-order valence-electron chi connectivity index (χ1n) is 4.70. The smallest absolute Gasteiger partial charge is 0.134 e. The van der Waals surface area contributed by atoms with Crippen LogP contribution < -0.4 is 0 Å². The Morgan fingerprint density at radius 1 is 1.69 bits per heavy atom. The third-order valence-corrected chi connectivity index (χ3v) is 3.13. The first kappa shape index (κ1) is 10.7. The molecular weight excluding hydrogens is 166 g/mol. The lowest BCUT2D eigenvalue weighted by Crippen LogP contribution is -2.42. The van der Waals surface area contributed by atoms with Crippen molar-refractivity contribution in [2.24, 2.45) is 5.92 Å². The fraction of sp³-hybridized carbons (Fsp3) is 0.900. The number of Topliss-reactive ketones (excluding diaryl/α,β-unsaturated/α-hetero) is 1. The topological polar surface area (TPSA) is 29.5 Å². The zero-order valence-corrected chi connectivity index (χ0v) is 8.96. The van der Waals surface area contributed by atoms with E-state index in [2.05, 4.69) is 18.9 Å². The molecule has 2 atom stereocenters. The fourth-order valence-corrected chi connectivity index (χ4v) is 2.05. The molecule has 0 aliphatic carbocycles. The molecule has 0 aromatic rings. The van der Waals surface area contributed by atoms with Gasteiger partial charge in [0.05, 0.1) is 6.61 Å². The van der Waals surface area contributed by atoms with Crippen molar-refractivity contribution in [2.45, 2.75) is 25.8 Å². The van der Waals surface area contributed by atoms with Crippen LogP contribution in [0.2, 0.25) is 0 Å². The minimum atomic E-state index is 0.0467. The van der Waals surface area contributed by atoms with E-state index in [4.69, 9.17) is 4.74 Å². The predicted octanol–water partition coefficient (Wildman–Crippen LogP) is 0.932. The Morgan fingerprint density at radius 3 is 2.69 bits per heavy atom. The molecule has 0 unspecified atom stereocenters. The van der Waals surface area contributed by atoms with Gasteiger partial charge in [0.15, 0.2) is 0 Å². The lowest BCUT2D eigenvalue weighted by molar-refractivity contribution is -0.120. The molecule has 1 saturated heterocycles. The van der Waals surface area contributed by atoms with E-state index in [1.54, 1.807) is 14.0 Å². The van der Waals surface area contributed by atoms with Crippen LogP contribution >= 0.6 is 0 Å². The van der Waals surface area contributed by atoms with E-state index in [0.717, 1.165) is 13.0 Å². The summed E-state index contributed by atoms with van der Waals surface area (Å²) >= 11 is 0. The van der Waals surface area contributed by atoms with Crippen molar-refractivity contribution < 1.29 is 9.53 Å². The highest BCUT2D eigenvalue weighted by Gasteiger charge is 2.41. The van der Waals surface area contributed by atoms with Gasteiger partial charge in [-0.15, -0.1) is 0 Å². The van der Waals surface area contributed by atoms with Crippen molar-refractivity contribution in [1.82, 2.24) is 4.90 Å². The van der Waals surface area contributed by atoms with Crippen LogP contribution in [0.1, 0.15) is 20.3 Å². The lowest BCUT2D eigenvalue weighted by atomic mass is 9.93. The number of ketones is 1. The molecule has 1 fully saturated rings. The average molecular weight is 185 g/mol. The van der Waals surface area contributed by atoms with Crippen molar-refractivity contribution in [3.63, 3.8) is 0 Å². The second-order valence-electron chi connectivity index (χ2n) is 4.32. The van der Waals surface area contributed by atoms with E-state index in [9.17, 15) is 4.79 Å². The van der Waals surface area contributed by atoms with Crippen LogP contribution in [0.25, 0.3) is 0 Å². The van der Waals surface area contributed by atoms with Gasteiger partial charge in [-0.05, 0) is 27.3 Å². The first-order valence-corrected chi connectivity index (χ1v) is 4.70. The van der Waals surface area contributed by atoms with Gasteiger partial charge >= 0.3 is 0 Å². The minimum Gasteiger partial charge on any atom is -0.383 e. The number of hydrogen-bond acceptors (Lipinski definition) is 3. The molecule has 0 bridgehead atoms. The molecule has 0 amide bonds. The molecule has 76 valence electrons. The van der Waals surface area contributed by atoms with Gasteiger partial charge in [-0.2, -0.15) is 0 Å². The molecular formula is C10H19NO2. The fourth-order valence-electron chi connectivity index (χ4n) is 2.05. The highest BCUT2D eigenvalue weighted by molar-refractivity contribution is 5.79. The molecule has 0 radical (unpaired) electrons. The molecule has 1 rings (SSSR count). The van der Waals surface area contributed by atoms with Crippen LogP contribution in [-0.2, 0) is 9.53 Å². The van der Waals surface area contributed by atoms with E-state index in [1.807, 2.05) is 0 Å². The summed E-state index contributed by atoms with van der Waals surface area (Å²) in [4.78, 5) is 13.4. The molecule has 0 aromatic carbocycles. The molecule has 1 aliphatic rings. The Balaban J connectivity index is 2.64. The van der Waals surface area contributed by atoms with Gasteiger partial charge in [-0.1, -0.05) is 0 Å². The number of rotatable bonds is 3. The summed E-state index contributed by atoms with van der Waals surface area (Å²) in [5, 5.41) is 0. The maximum absolute atomic E-state index is 11.2. The van der Waals surface area contributed by atoms with E-state index in [-0.39, 0.29) is 11.5 Å². The van der Waals surface area contributed by atoms with Gasteiger partial charge < -0.3 is 4.74 Å². The van der Waals surface area contributed by atoms with Gasteiger partial charge in [0.1, 0.15) is 5.78 Å². The Bertz CT molecular complexity index is 205. The zero-order chi connectivity index (χ0) is 10.1. The third kappa shape index (κ3) is 2.09. The molecule has 3 heteroatoms. The van der Waals surface area contributed by atoms with E-state index in [1.165, 1.54) is 0 Å². The van der Waals surface area contributed by atoms with Crippen molar-refractivity contribution in [3.8, 4) is 0 Å². The van der Waals surface area contributed by atoms with Gasteiger partial charge in [0, 0.05) is 25.1 Å². The normalized spacial score (nSPS) is 35.2. The molecule has 0 N–H and O–H groups in total. The Morgan fingerprint density at radius 2 is 2.31 bits per heavy atom. The number of nitrogens with zero attached hydrogens (tertiary/aromatic N) is 1. The number of ether oxygens (including phenoxy) is 1. The maximum atomic E-state index is 11.2. The molecule has 3 nitrogen and oxygen atoms in total. The third-order valence-electron chi connectivity index (χ3n) is 3.13. The van der Waals surface area contributed by atoms with Crippen LogP contribution in [0.15, 0.2) is 0 Å². The Hall–Kier alpha value is -0.410. The second kappa shape index (κ2) is 3.76. The minimum absolute atomic E-state index is 0.0467. The summed E-state index contributed by atoms with van der Waals surface area (Å²) in [7, 11) is 3.77. The highest BCUT2D eigenvalue weighted by atomic mass is 16.5.